The molecular formula is C23H23F2N3S. The van der Waals surface area contributed by atoms with E-state index in [0.717, 1.165) is 29.0 Å². The molecule has 150 valence electrons. The van der Waals surface area contributed by atoms with Crippen LogP contribution in [-0.4, -0.2) is 12.0 Å². The van der Waals surface area contributed by atoms with Gasteiger partial charge < -0.3 is 15.6 Å². The zero-order valence-electron chi connectivity index (χ0n) is 16.3. The molecule has 29 heavy (non-hydrogen) atoms. The number of hydrogen-bond donors (Lipinski definition) is 4. The van der Waals surface area contributed by atoms with Crippen LogP contribution >= 0.6 is 12.6 Å². The van der Waals surface area contributed by atoms with Crippen LogP contribution in [0.5, 0.6) is 0 Å². The first-order valence-electron chi connectivity index (χ1n) is 9.18. The van der Waals surface area contributed by atoms with Gasteiger partial charge in [0.1, 0.15) is 11.6 Å². The van der Waals surface area contributed by atoms with Crippen molar-refractivity contribution in [2.24, 2.45) is 0 Å². The molecule has 4 aromatic rings. The third kappa shape index (κ3) is 5.59. The van der Waals surface area contributed by atoms with Crippen LogP contribution in [0.3, 0.4) is 0 Å². The van der Waals surface area contributed by atoms with E-state index in [-0.39, 0.29) is 11.6 Å². The second kappa shape index (κ2) is 9.58. The van der Waals surface area contributed by atoms with Crippen LogP contribution in [0.4, 0.5) is 20.2 Å². The van der Waals surface area contributed by atoms with Crippen LogP contribution in [0.15, 0.2) is 71.8 Å². The number of benzene rings is 3. The molecule has 0 unspecified atom stereocenters. The normalized spacial score (nSPS) is 10.5. The number of fused-ring (bicyclic) bond motifs is 1. The van der Waals surface area contributed by atoms with Gasteiger partial charge >= 0.3 is 0 Å². The maximum Gasteiger partial charge on any atom is 0.124 e. The van der Waals surface area contributed by atoms with Crippen molar-refractivity contribution in [1.29, 1.82) is 0 Å². The van der Waals surface area contributed by atoms with Gasteiger partial charge in [0.15, 0.2) is 0 Å². The van der Waals surface area contributed by atoms with Crippen LogP contribution in [0.25, 0.3) is 10.9 Å². The standard InChI is InChI=1S/C17H18FN3.C6H5FS/c1-11-7-13(18)3-6-16(11)21-14-4-5-15-12(9-19-2)10-20-17(15)8-14;7-5-2-1-3-6(8)4-5/h3-8,10,19-21H,9H2,1-2H3;1-4,8H. The summed E-state index contributed by atoms with van der Waals surface area (Å²) in [6.07, 6.45) is 2.02. The smallest absolute Gasteiger partial charge is 0.124 e. The number of halogens is 2. The summed E-state index contributed by atoms with van der Waals surface area (Å²) in [4.78, 5) is 3.94. The van der Waals surface area contributed by atoms with E-state index in [9.17, 15) is 8.78 Å². The fraction of sp³-hybridized carbons (Fsp3) is 0.130. The monoisotopic (exact) mass is 411 g/mol. The number of aromatic amines is 1. The van der Waals surface area contributed by atoms with Gasteiger partial charge in [-0.2, -0.15) is 0 Å². The Hall–Kier alpha value is -2.83. The van der Waals surface area contributed by atoms with E-state index in [1.165, 1.54) is 35.2 Å². The minimum absolute atomic E-state index is 0.213. The van der Waals surface area contributed by atoms with Crippen LogP contribution in [0.2, 0.25) is 0 Å². The maximum atomic E-state index is 13.1. The molecule has 0 spiro atoms. The Kier molecular flexibility index (Phi) is 6.90. The first-order chi connectivity index (χ1) is 14.0. The van der Waals surface area contributed by atoms with Gasteiger partial charge in [-0.15, -0.1) is 12.6 Å². The molecule has 3 N–H and O–H groups in total. The van der Waals surface area contributed by atoms with Gasteiger partial charge in [0.2, 0.25) is 0 Å². The Morgan fingerprint density at radius 2 is 1.76 bits per heavy atom. The van der Waals surface area contributed by atoms with E-state index < -0.39 is 0 Å². The highest BCUT2D eigenvalue weighted by atomic mass is 32.1. The summed E-state index contributed by atoms with van der Waals surface area (Å²) in [5, 5.41) is 7.70. The molecule has 1 aromatic heterocycles. The molecule has 0 bridgehead atoms. The van der Waals surface area contributed by atoms with Crippen molar-refractivity contribution in [3.8, 4) is 0 Å². The molecule has 3 aromatic carbocycles. The maximum absolute atomic E-state index is 13.1. The lowest BCUT2D eigenvalue weighted by Crippen LogP contribution is -2.03. The lowest BCUT2D eigenvalue weighted by Gasteiger charge is -2.10. The molecule has 0 fully saturated rings. The van der Waals surface area contributed by atoms with Gasteiger partial charge in [-0.1, -0.05) is 12.1 Å². The molecule has 0 atom stereocenters. The molecule has 0 amide bonds. The van der Waals surface area contributed by atoms with Gasteiger partial charge in [-0.05, 0) is 73.6 Å². The van der Waals surface area contributed by atoms with E-state index in [0.29, 0.717) is 4.90 Å². The fourth-order valence-electron chi connectivity index (χ4n) is 3.00. The van der Waals surface area contributed by atoms with Gasteiger partial charge in [-0.25, -0.2) is 8.78 Å². The second-order valence-corrected chi connectivity index (χ2v) is 7.19. The van der Waals surface area contributed by atoms with E-state index >= 15 is 0 Å². The Bertz CT molecular complexity index is 1090. The molecule has 4 rings (SSSR count). The first kappa shape index (κ1) is 20.9. The van der Waals surface area contributed by atoms with E-state index in [1.54, 1.807) is 18.2 Å². The van der Waals surface area contributed by atoms with Crippen molar-refractivity contribution in [2.75, 3.05) is 12.4 Å². The Morgan fingerprint density at radius 1 is 0.966 bits per heavy atom. The molecule has 0 aliphatic carbocycles. The number of thiol groups is 1. The van der Waals surface area contributed by atoms with Crippen LogP contribution < -0.4 is 10.6 Å². The summed E-state index contributed by atoms with van der Waals surface area (Å²) in [6.45, 7) is 2.73. The molecule has 0 aliphatic rings. The number of H-pyrrole nitrogens is 1. The lowest BCUT2D eigenvalue weighted by atomic mass is 10.1. The van der Waals surface area contributed by atoms with E-state index in [2.05, 4.69) is 40.4 Å². The third-order valence-corrected chi connectivity index (χ3v) is 4.69. The molecule has 0 aliphatic heterocycles. The van der Waals surface area contributed by atoms with E-state index in [4.69, 9.17) is 0 Å². The zero-order valence-corrected chi connectivity index (χ0v) is 17.2. The van der Waals surface area contributed by atoms with Crippen molar-refractivity contribution in [2.45, 2.75) is 18.4 Å². The minimum Gasteiger partial charge on any atom is -0.361 e. The topological polar surface area (TPSA) is 39.9 Å². The summed E-state index contributed by atoms with van der Waals surface area (Å²) in [5.41, 5.74) is 5.12. The van der Waals surface area contributed by atoms with Crippen molar-refractivity contribution in [3.63, 3.8) is 0 Å². The molecule has 1 heterocycles. The van der Waals surface area contributed by atoms with Crippen LogP contribution in [0.1, 0.15) is 11.1 Å². The molecule has 0 saturated heterocycles. The van der Waals surface area contributed by atoms with Crippen molar-refractivity contribution in [3.05, 3.63) is 89.6 Å². The third-order valence-electron chi connectivity index (χ3n) is 4.41. The Balaban J connectivity index is 0.000000252. The number of aromatic nitrogens is 1. The van der Waals surface area contributed by atoms with Gasteiger partial charge in [0, 0.05) is 39.9 Å². The Labute approximate surface area is 174 Å². The molecule has 0 radical (unpaired) electrons. The first-order valence-corrected chi connectivity index (χ1v) is 9.63. The largest absolute Gasteiger partial charge is 0.361 e. The molecule has 6 heteroatoms. The summed E-state index contributed by atoms with van der Waals surface area (Å²) in [6, 6.07) is 17.1. The van der Waals surface area contributed by atoms with Crippen LogP contribution in [-0.2, 0) is 6.54 Å². The van der Waals surface area contributed by atoms with Gasteiger partial charge in [-0.3, -0.25) is 0 Å². The SMILES string of the molecule is CNCc1c[nH]c2cc(Nc3ccc(F)cc3C)ccc12.Fc1cccc(S)c1. The minimum atomic E-state index is -0.238. The number of anilines is 2. The predicted molar refractivity (Wildman–Crippen MR) is 119 cm³/mol. The molecule has 0 saturated carbocycles. The highest BCUT2D eigenvalue weighted by Crippen LogP contribution is 2.26. The van der Waals surface area contributed by atoms with Crippen molar-refractivity contribution >= 4 is 34.9 Å². The highest BCUT2D eigenvalue weighted by Gasteiger charge is 2.05. The Morgan fingerprint density at radius 3 is 2.41 bits per heavy atom. The second-order valence-electron chi connectivity index (χ2n) is 6.67. The van der Waals surface area contributed by atoms with E-state index in [1.807, 2.05) is 26.2 Å². The lowest BCUT2D eigenvalue weighted by molar-refractivity contribution is 0.624. The number of rotatable bonds is 4. The average molecular weight is 412 g/mol. The number of aryl methyl sites for hydroxylation is 1. The summed E-state index contributed by atoms with van der Waals surface area (Å²) >= 11 is 3.91. The molecular weight excluding hydrogens is 388 g/mol. The average Bonchev–Trinajstić information content (AvgIpc) is 3.07. The summed E-state index contributed by atoms with van der Waals surface area (Å²) < 4.78 is 25.2. The fourth-order valence-corrected chi connectivity index (χ4v) is 3.21. The van der Waals surface area contributed by atoms with Crippen molar-refractivity contribution in [1.82, 2.24) is 10.3 Å². The summed E-state index contributed by atoms with van der Waals surface area (Å²) in [7, 11) is 1.94. The van der Waals surface area contributed by atoms with Gasteiger partial charge in [0.25, 0.3) is 0 Å². The van der Waals surface area contributed by atoms with Gasteiger partial charge in [0.05, 0.1) is 0 Å². The number of nitrogens with one attached hydrogen (secondary N) is 3. The van der Waals surface area contributed by atoms with Crippen LogP contribution in [0, 0.1) is 18.6 Å². The predicted octanol–water partition coefficient (Wildman–Crippen LogP) is 6.19. The van der Waals surface area contributed by atoms with Crippen molar-refractivity contribution < 1.29 is 8.78 Å². The zero-order chi connectivity index (χ0) is 20.8. The number of hydrogen-bond acceptors (Lipinski definition) is 3. The quantitative estimate of drug-likeness (QED) is 0.302. The summed E-state index contributed by atoms with van der Waals surface area (Å²) in [5.74, 6) is -0.452. The molecule has 3 nitrogen and oxygen atoms in total. The highest BCUT2D eigenvalue weighted by molar-refractivity contribution is 7.80.